The molecule has 2 heterocycles. The SMILES string of the molecule is Cc1[nH]c2c(c1C)N(C)N(C)CC2. The van der Waals surface area contributed by atoms with Crippen molar-refractivity contribution in [1.82, 2.24) is 9.99 Å². The average molecular weight is 179 g/mol. The fourth-order valence-corrected chi connectivity index (χ4v) is 2.00. The van der Waals surface area contributed by atoms with Crippen LogP contribution in [0.5, 0.6) is 0 Å². The highest BCUT2D eigenvalue weighted by molar-refractivity contribution is 5.60. The van der Waals surface area contributed by atoms with Crippen molar-refractivity contribution in [3.8, 4) is 0 Å². The molecule has 2 rings (SSSR count). The van der Waals surface area contributed by atoms with Crippen LogP contribution in [0.4, 0.5) is 5.69 Å². The Morgan fingerprint density at radius 2 is 1.92 bits per heavy atom. The number of anilines is 1. The molecule has 1 aliphatic heterocycles. The van der Waals surface area contributed by atoms with Gasteiger partial charge in [0.05, 0.1) is 5.69 Å². The van der Waals surface area contributed by atoms with Crippen LogP contribution in [0.3, 0.4) is 0 Å². The molecule has 3 heteroatoms. The van der Waals surface area contributed by atoms with Crippen molar-refractivity contribution in [2.24, 2.45) is 0 Å². The van der Waals surface area contributed by atoms with Gasteiger partial charge in [-0.05, 0) is 19.4 Å². The molecule has 0 spiro atoms. The lowest BCUT2D eigenvalue weighted by Crippen LogP contribution is -2.41. The van der Waals surface area contributed by atoms with E-state index in [1.165, 1.54) is 22.6 Å². The molecule has 1 aliphatic rings. The maximum atomic E-state index is 3.45. The van der Waals surface area contributed by atoms with Crippen molar-refractivity contribution in [3.05, 3.63) is 17.0 Å². The Labute approximate surface area is 79.3 Å². The molecular formula is C10H17N3. The van der Waals surface area contributed by atoms with E-state index in [0.717, 1.165) is 13.0 Å². The van der Waals surface area contributed by atoms with Gasteiger partial charge in [-0.1, -0.05) is 0 Å². The molecule has 1 aromatic heterocycles. The van der Waals surface area contributed by atoms with Gasteiger partial charge in [0.1, 0.15) is 0 Å². The van der Waals surface area contributed by atoms with Crippen LogP contribution in [0.2, 0.25) is 0 Å². The van der Waals surface area contributed by atoms with Gasteiger partial charge in [-0.3, -0.25) is 0 Å². The van der Waals surface area contributed by atoms with E-state index in [1.807, 2.05) is 0 Å². The number of aryl methyl sites for hydroxylation is 1. The highest BCUT2D eigenvalue weighted by atomic mass is 15.6. The first-order chi connectivity index (χ1) is 6.11. The summed E-state index contributed by atoms with van der Waals surface area (Å²) in [6.07, 6.45) is 1.13. The molecule has 0 saturated carbocycles. The smallest absolute Gasteiger partial charge is 0.0758 e. The molecule has 0 atom stereocenters. The van der Waals surface area contributed by atoms with Crippen molar-refractivity contribution < 1.29 is 0 Å². The molecule has 13 heavy (non-hydrogen) atoms. The first-order valence-corrected chi connectivity index (χ1v) is 4.74. The summed E-state index contributed by atoms with van der Waals surface area (Å²) in [4.78, 5) is 3.45. The zero-order chi connectivity index (χ0) is 9.59. The second kappa shape index (κ2) is 2.77. The molecule has 0 fully saturated rings. The minimum atomic E-state index is 1.10. The van der Waals surface area contributed by atoms with Gasteiger partial charge in [-0.25, -0.2) is 5.01 Å². The number of aromatic nitrogens is 1. The first kappa shape index (κ1) is 8.63. The number of nitrogens with one attached hydrogen (secondary N) is 1. The maximum absolute atomic E-state index is 3.45. The third-order valence-electron chi connectivity index (χ3n) is 3.06. The largest absolute Gasteiger partial charge is 0.360 e. The quantitative estimate of drug-likeness (QED) is 0.651. The lowest BCUT2D eigenvalue weighted by molar-refractivity contribution is 0.312. The predicted molar refractivity (Wildman–Crippen MR) is 55.0 cm³/mol. The number of hydrazine groups is 1. The first-order valence-electron chi connectivity index (χ1n) is 4.74. The molecule has 0 aliphatic carbocycles. The summed E-state index contributed by atoms with van der Waals surface area (Å²) in [6.45, 7) is 5.42. The van der Waals surface area contributed by atoms with Crippen LogP contribution in [0.1, 0.15) is 17.0 Å². The third kappa shape index (κ3) is 1.15. The van der Waals surface area contributed by atoms with E-state index < -0.39 is 0 Å². The number of hydrogen-bond donors (Lipinski definition) is 1. The highest BCUT2D eigenvalue weighted by Gasteiger charge is 2.22. The van der Waals surface area contributed by atoms with Crippen molar-refractivity contribution >= 4 is 5.69 Å². The van der Waals surface area contributed by atoms with E-state index in [9.17, 15) is 0 Å². The standard InChI is InChI=1S/C10H17N3/c1-7-8(2)11-9-5-6-12(3)13(4)10(7)9/h11H,5-6H2,1-4H3. The Balaban J connectivity index is 2.51. The molecule has 0 saturated heterocycles. The molecule has 0 unspecified atom stereocenters. The summed E-state index contributed by atoms with van der Waals surface area (Å²) in [5, 5.41) is 4.49. The van der Waals surface area contributed by atoms with E-state index in [0.29, 0.717) is 0 Å². The monoisotopic (exact) mass is 179 g/mol. The highest BCUT2D eigenvalue weighted by Crippen LogP contribution is 2.30. The summed E-state index contributed by atoms with van der Waals surface area (Å²) in [6, 6.07) is 0. The minimum absolute atomic E-state index is 1.10. The Hall–Kier alpha value is -0.960. The van der Waals surface area contributed by atoms with E-state index in [-0.39, 0.29) is 0 Å². The van der Waals surface area contributed by atoms with Crippen molar-refractivity contribution in [1.29, 1.82) is 0 Å². The molecule has 1 aromatic rings. The molecule has 0 radical (unpaired) electrons. The normalized spacial score (nSPS) is 17.7. The van der Waals surface area contributed by atoms with Gasteiger partial charge < -0.3 is 9.99 Å². The molecule has 72 valence electrons. The number of fused-ring (bicyclic) bond motifs is 1. The molecule has 0 bridgehead atoms. The van der Waals surface area contributed by atoms with E-state index >= 15 is 0 Å². The summed E-state index contributed by atoms with van der Waals surface area (Å²) in [7, 11) is 4.25. The number of rotatable bonds is 0. The van der Waals surface area contributed by atoms with Gasteiger partial charge in [0, 0.05) is 38.4 Å². The lowest BCUT2D eigenvalue weighted by Gasteiger charge is -2.35. The number of nitrogens with zero attached hydrogens (tertiary/aromatic N) is 2. The van der Waals surface area contributed by atoms with Crippen molar-refractivity contribution in [2.45, 2.75) is 20.3 Å². The maximum Gasteiger partial charge on any atom is 0.0758 e. The Bertz CT molecular complexity index is 327. The molecule has 1 N–H and O–H groups in total. The number of hydrogen-bond acceptors (Lipinski definition) is 2. The van der Waals surface area contributed by atoms with Gasteiger partial charge in [0.15, 0.2) is 0 Å². The molecule has 3 nitrogen and oxygen atoms in total. The van der Waals surface area contributed by atoms with Gasteiger partial charge in [0.2, 0.25) is 0 Å². The minimum Gasteiger partial charge on any atom is -0.360 e. The van der Waals surface area contributed by atoms with Gasteiger partial charge >= 0.3 is 0 Å². The zero-order valence-corrected chi connectivity index (χ0v) is 8.81. The average Bonchev–Trinajstić information content (AvgIpc) is 2.37. The van der Waals surface area contributed by atoms with Crippen LogP contribution in [-0.4, -0.2) is 30.6 Å². The predicted octanol–water partition coefficient (Wildman–Crippen LogP) is 1.47. The van der Waals surface area contributed by atoms with Crippen molar-refractivity contribution in [2.75, 3.05) is 25.6 Å². The lowest BCUT2D eigenvalue weighted by atomic mass is 10.1. The second-order valence-electron chi connectivity index (χ2n) is 3.86. The summed E-state index contributed by atoms with van der Waals surface area (Å²) in [5.74, 6) is 0. The van der Waals surface area contributed by atoms with Gasteiger partial charge in [-0.2, -0.15) is 0 Å². The molecular weight excluding hydrogens is 162 g/mol. The van der Waals surface area contributed by atoms with Crippen LogP contribution in [-0.2, 0) is 6.42 Å². The number of H-pyrrole nitrogens is 1. The summed E-state index contributed by atoms with van der Waals surface area (Å²) >= 11 is 0. The van der Waals surface area contributed by atoms with Crippen LogP contribution in [0.25, 0.3) is 0 Å². The van der Waals surface area contributed by atoms with Gasteiger partial charge in [0.25, 0.3) is 0 Å². The third-order valence-corrected chi connectivity index (χ3v) is 3.06. The fraction of sp³-hybridized carbons (Fsp3) is 0.600. The Morgan fingerprint density at radius 1 is 1.23 bits per heavy atom. The molecule has 0 aromatic carbocycles. The van der Waals surface area contributed by atoms with Crippen LogP contribution >= 0.6 is 0 Å². The molecule has 0 amide bonds. The Morgan fingerprint density at radius 3 is 2.62 bits per heavy atom. The van der Waals surface area contributed by atoms with E-state index in [2.05, 4.69) is 42.9 Å². The van der Waals surface area contributed by atoms with Crippen LogP contribution < -0.4 is 5.01 Å². The Kier molecular flexibility index (Phi) is 1.84. The second-order valence-corrected chi connectivity index (χ2v) is 3.86. The summed E-state index contributed by atoms with van der Waals surface area (Å²) in [5.41, 5.74) is 5.43. The summed E-state index contributed by atoms with van der Waals surface area (Å²) < 4.78 is 0. The number of aromatic amines is 1. The van der Waals surface area contributed by atoms with Crippen molar-refractivity contribution in [3.63, 3.8) is 0 Å². The number of likely N-dealkylation sites (N-methyl/N-ethyl adjacent to an activating group) is 1. The van der Waals surface area contributed by atoms with E-state index in [4.69, 9.17) is 0 Å². The van der Waals surface area contributed by atoms with Gasteiger partial charge in [-0.15, -0.1) is 0 Å². The van der Waals surface area contributed by atoms with Crippen LogP contribution in [0.15, 0.2) is 0 Å². The van der Waals surface area contributed by atoms with Crippen LogP contribution in [0, 0.1) is 13.8 Å². The zero-order valence-electron chi connectivity index (χ0n) is 8.81. The van der Waals surface area contributed by atoms with E-state index in [1.54, 1.807) is 0 Å². The fourth-order valence-electron chi connectivity index (χ4n) is 2.00. The topological polar surface area (TPSA) is 22.3 Å².